The van der Waals surface area contributed by atoms with Crippen LogP contribution in [0.2, 0.25) is 0 Å². The molecule has 9 heteroatoms. The van der Waals surface area contributed by atoms with Crippen LogP contribution in [0.4, 0.5) is 10.2 Å². The number of nitriles is 1. The minimum Gasteiger partial charge on any atom is -0.411 e. The number of benzene rings is 1. The minimum absolute atomic E-state index is 0.0594. The molecule has 0 atom stereocenters. The van der Waals surface area contributed by atoms with Gasteiger partial charge in [0.2, 0.25) is 11.8 Å². The molecule has 1 amide bonds. The molecule has 32 heavy (non-hydrogen) atoms. The summed E-state index contributed by atoms with van der Waals surface area (Å²) in [6.45, 7) is 3.93. The molecule has 2 heterocycles. The third kappa shape index (κ3) is 4.55. The summed E-state index contributed by atoms with van der Waals surface area (Å²) < 4.78 is 20.8. The number of carbonyl (C=O) groups excluding carboxylic acids is 1. The van der Waals surface area contributed by atoms with Gasteiger partial charge in [-0.25, -0.2) is 4.39 Å². The Morgan fingerprint density at radius 1 is 1.25 bits per heavy atom. The van der Waals surface area contributed by atoms with Crippen molar-refractivity contribution in [1.29, 1.82) is 5.26 Å². The number of thioether (sulfide) groups is 1. The molecular weight excluding hydrogens is 429 g/mol. The van der Waals surface area contributed by atoms with Gasteiger partial charge in [0.15, 0.2) is 0 Å². The van der Waals surface area contributed by atoms with Crippen LogP contribution in [0.5, 0.6) is 0 Å². The average molecular weight is 454 g/mol. The van der Waals surface area contributed by atoms with E-state index in [1.807, 2.05) is 13.8 Å². The number of rotatable bonds is 6. The smallest absolute Gasteiger partial charge is 0.277 e. The summed E-state index contributed by atoms with van der Waals surface area (Å²) in [7, 11) is 0. The van der Waals surface area contributed by atoms with Crippen molar-refractivity contribution in [3.63, 3.8) is 0 Å². The highest BCUT2D eigenvalue weighted by Crippen LogP contribution is 2.37. The molecule has 0 saturated heterocycles. The first-order valence-electron chi connectivity index (χ1n) is 10.6. The summed E-state index contributed by atoms with van der Waals surface area (Å²) in [6, 6.07) is 8.29. The van der Waals surface area contributed by atoms with Crippen molar-refractivity contribution in [3.05, 3.63) is 46.9 Å². The largest absolute Gasteiger partial charge is 0.411 e. The quantitative estimate of drug-likeness (QED) is 0.502. The lowest BCUT2D eigenvalue weighted by atomic mass is 9.95. The second kappa shape index (κ2) is 9.57. The molecule has 0 radical (unpaired) electrons. The highest BCUT2D eigenvalue weighted by molar-refractivity contribution is 7.99. The first-order chi connectivity index (χ1) is 15.5. The van der Waals surface area contributed by atoms with E-state index in [1.54, 1.807) is 12.1 Å². The standard InChI is InChI=1S/C23H24FN5O2S/c1-14-15(2)29(18-6-4-3-5-7-18)21(19(14)12-25)26-20(30)13-32-23-28-27-22(31-23)16-8-10-17(24)11-9-16/h8-11,18H,3-7,13H2,1-2H3,(H,26,30). The third-order valence-corrected chi connectivity index (χ3v) is 6.71. The predicted molar refractivity (Wildman–Crippen MR) is 120 cm³/mol. The van der Waals surface area contributed by atoms with Gasteiger partial charge in [0, 0.05) is 17.3 Å². The van der Waals surface area contributed by atoms with Gasteiger partial charge in [-0.2, -0.15) is 5.26 Å². The maximum Gasteiger partial charge on any atom is 0.277 e. The predicted octanol–water partition coefficient (Wildman–Crippen LogP) is 5.40. The fourth-order valence-corrected chi connectivity index (χ4v) is 4.72. The van der Waals surface area contributed by atoms with Crippen molar-refractivity contribution < 1.29 is 13.6 Å². The van der Waals surface area contributed by atoms with Crippen LogP contribution in [0.15, 0.2) is 33.9 Å². The van der Waals surface area contributed by atoms with Gasteiger partial charge in [0.1, 0.15) is 17.7 Å². The lowest BCUT2D eigenvalue weighted by Crippen LogP contribution is -2.21. The van der Waals surface area contributed by atoms with Crippen LogP contribution >= 0.6 is 11.8 Å². The fraction of sp³-hybridized carbons (Fsp3) is 0.391. The van der Waals surface area contributed by atoms with Crippen LogP contribution in [-0.2, 0) is 4.79 Å². The van der Waals surface area contributed by atoms with E-state index < -0.39 is 0 Å². The van der Waals surface area contributed by atoms with Crippen LogP contribution in [0, 0.1) is 31.0 Å². The van der Waals surface area contributed by atoms with Gasteiger partial charge in [0.25, 0.3) is 5.22 Å². The van der Waals surface area contributed by atoms with E-state index in [1.165, 1.54) is 18.6 Å². The van der Waals surface area contributed by atoms with Gasteiger partial charge in [-0.15, -0.1) is 10.2 Å². The second-order valence-electron chi connectivity index (χ2n) is 7.92. The van der Waals surface area contributed by atoms with Crippen LogP contribution in [0.25, 0.3) is 11.5 Å². The first-order valence-corrected chi connectivity index (χ1v) is 11.6. The summed E-state index contributed by atoms with van der Waals surface area (Å²) in [5, 5.41) is 20.8. The maximum absolute atomic E-state index is 13.1. The third-order valence-electron chi connectivity index (χ3n) is 5.89. The molecule has 2 aromatic heterocycles. The van der Waals surface area contributed by atoms with E-state index >= 15 is 0 Å². The van der Waals surface area contributed by atoms with Crippen LogP contribution in [0.3, 0.4) is 0 Å². The summed E-state index contributed by atoms with van der Waals surface area (Å²) in [5.74, 6) is 0.307. The Balaban J connectivity index is 1.46. The highest BCUT2D eigenvalue weighted by atomic mass is 32.2. The van der Waals surface area contributed by atoms with Crippen molar-refractivity contribution in [3.8, 4) is 17.5 Å². The zero-order valence-electron chi connectivity index (χ0n) is 18.0. The summed E-state index contributed by atoms with van der Waals surface area (Å²) in [5.41, 5.74) is 3.05. The zero-order chi connectivity index (χ0) is 22.7. The molecule has 1 fully saturated rings. The maximum atomic E-state index is 13.1. The van der Waals surface area contributed by atoms with Gasteiger partial charge in [-0.3, -0.25) is 4.79 Å². The van der Waals surface area contributed by atoms with Crippen molar-refractivity contribution in [2.45, 2.75) is 57.2 Å². The van der Waals surface area contributed by atoms with E-state index in [4.69, 9.17) is 4.42 Å². The molecule has 1 saturated carbocycles. The van der Waals surface area contributed by atoms with Gasteiger partial charge in [0.05, 0.1) is 11.3 Å². The highest BCUT2D eigenvalue weighted by Gasteiger charge is 2.26. The molecule has 1 aliphatic carbocycles. The molecule has 1 aromatic carbocycles. The van der Waals surface area contributed by atoms with E-state index in [0.717, 1.165) is 48.7 Å². The minimum atomic E-state index is -0.347. The molecule has 1 N–H and O–H groups in total. The number of anilines is 1. The number of hydrogen-bond acceptors (Lipinski definition) is 6. The van der Waals surface area contributed by atoms with Gasteiger partial charge >= 0.3 is 0 Å². The molecule has 0 unspecified atom stereocenters. The fourth-order valence-electron chi connectivity index (χ4n) is 4.16. The number of amides is 1. The number of hydrogen-bond donors (Lipinski definition) is 1. The van der Waals surface area contributed by atoms with Crippen molar-refractivity contribution in [2.75, 3.05) is 11.1 Å². The summed E-state index contributed by atoms with van der Waals surface area (Å²) in [6.07, 6.45) is 5.63. The van der Waals surface area contributed by atoms with Gasteiger partial charge in [-0.05, 0) is 56.5 Å². The lowest BCUT2D eigenvalue weighted by molar-refractivity contribution is -0.113. The monoisotopic (exact) mass is 453 g/mol. The number of carbonyl (C=O) groups is 1. The Labute approximate surface area is 190 Å². The number of halogens is 1. The molecule has 166 valence electrons. The summed E-state index contributed by atoms with van der Waals surface area (Å²) in [4.78, 5) is 12.7. The number of nitrogens with zero attached hydrogens (tertiary/aromatic N) is 4. The van der Waals surface area contributed by atoms with E-state index in [-0.39, 0.29) is 28.6 Å². The molecule has 0 bridgehead atoms. The molecular formula is C23H24FN5O2S. The summed E-state index contributed by atoms with van der Waals surface area (Å²) >= 11 is 1.11. The Bertz CT molecular complexity index is 1160. The number of aromatic nitrogens is 3. The van der Waals surface area contributed by atoms with Crippen LogP contribution in [0.1, 0.15) is 55.0 Å². The van der Waals surface area contributed by atoms with Crippen molar-refractivity contribution in [2.24, 2.45) is 0 Å². The molecule has 7 nitrogen and oxygen atoms in total. The lowest BCUT2D eigenvalue weighted by Gasteiger charge is -2.27. The zero-order valence-corrected chi connectivity index (χ0v) is 18.8. The molecule has 4 rings (SSSR count). The van der Waals surface area contributed by atoms with Crippen molar-refractivity contribution in [1.82, 2.24) is 14.8 Å². The van der Waals surface area contributed by atoms with Crippen LogP contribution in [-0.4, -0.2) is 26.4 Å². The Hall–Kier alpha value is -3.12. The molecule has 0 spiro atoms. The van der Waals surface area contributed by atoms with E-state index in [2.05, 4.69) is 26.2 Å². The first kappa shape index (κ1) is 22.1. The number of nitrogens with one attached hydrogen (secondary N) is 1. The van der Waals surface area contributed by atoms with Gasteiger partial charge in [-0.1, -0.05) is 31.0 Å². The Morgan fingerprint density at radius 2 is 1.97 bits per heavy atom. The SMILES string of the molecule is Cc1c(C#N)c(NC(=O)CSc2nnc(-c3ccc(F)cc3)o2)n(C2CCCCC2)c1C. The van der Waals surface area contributed by atoms with E-state index in [0.29, 0.717) is 23.0 Å². The molecule has 0 aliphatic heterocycles. The average Bonchev–Trinajstić information content (AvgIpc) is 3.36. The normalized spacial score (nSPS) is 14.3. The second-order valence-corrected chi connectivity index (χ2v) is 8.85. The molecule has 3 aromatic rings. The van der Waals surface area contributed by atoms with Crippen molar-refractivity contribution >= 4 is 23.5 Å². The van der Waals surface area contributed by atoms with E-state index in [9.17, 15) is 14.4 Å². The topological polar surface area (TPSA) is 96.7 Å². The Kier molecular flexibility index (Phi) is 6.61. The van der Waals surface area contributed by atoms with Crippen LogP contribution < -0.4 is 5.32 Å². The van der Waals surface area contributed by atoms with Gasteiger partial charge < -0.3 is 14.3 Å². The molecule has 1 aliphatic rings. The Morgan fingerprint density at radius 3 is 2.66 bits per heavy atom.